The number of hydrogen-bond acceptors (Lipinski definition) is 2. The Kier molecular flexibility index (Phi) is 2.74. The highest BCUT2D eigenvalue weighted by Crippen LogP contribution is 2.17. The summed E-state index contributed by atoms with van der Waals surface area (Å²) in [5, 5.41) is 8.78. The minimum Gasteiger partial charge on any atom is -0.323 e. The van der Waals surface area contributed by atoms with Gasteiger partial charge in [-0.25, -0.2) is 4.98 Å². The van der Waals surface area contributed by atoms with E-state index in [2.05, 4.69) is 22.2 Å². The Bertz CT molecular complexity index is 572. The van der Waals surface area contributed by atoms with E-state index in [0.717, 1.165) is 29.0 Å². The van der Waals surface area contributed by atoms with Crippen LogP contribution in [0, 0.1) is 11.3 Å². The molecule has 2 aromatic rings. The highest BCUT2D eigenvalue weighted by molar-refractivity contribution is 5.76. The summed E-state index contributed by atoms with van der Waals surface area (Å²) in [5.74, 6) is 0.812. The lowest BCUT2D eigenvalue weighted by Crippen LogP contribution is -2.03. The molecule has 1 aromatic carbocycles. The molecule has 0 saturated carbocycles. The van der Waals surface area contributed by atoms with E-state index < -0.39 is 0 Å². The number of nitriles is 1. The first kappa shape index (κ1) is 10.4. The van der Waals surface area contributed by atoms with Gasteiger partial charge in [-0.1, -0.05) is 24.3 Å². The Morgan fingerprint density at radius 3 is 2.94 bits per heavy atom. The Balaban J connectivity index is 2.60. The minimum absolute atomic E-state index is 0.335. The summed E-state index contributed by atoms with van der Waals surface area (Å²) in [6.07, 6.45) is 0.335. The number of imidazole rings is 1. The Hall–Kier alpha value is -2.08. The van der Waals surface area contributed by atoms with Gasteiger partial charge >= 0.3 is 0 Å². The summed E-state index contributed by atoms with van der Waals surface area (Å²) < 4.78 is 2.06. The molecular formula is C13H13N3. The molecule has 16 heavy (non-hydrogen) atoms. The first-order valence-corrected chi connectivity index (χ1v) is 5.18. The van der Waals surface area contributed by atoms with Gasteiger partial charge in [0, 0.05) is 6.54 Å². The largest absolute Gasteiger partial charge is 0.323 e. The number of allylic oxidation sites excluding steroid dienone is 1. The van der Waals surface area contributed by atoms with Gasteiger partial charge in [-0.2, -0.15) is 5.26 Å². The van der Waals surface area contributed by atoms with Crippen LogP contribution in [-0.4, -0.2) is 9.55 Å². The second kappa shape index (κ2) is 4.19. The Morgan fingerprint density at radius 2 is 2.25 bits per heavy atom. The molecule has 3 nitrogen and oxygen atoms in total. The zero-order valence-electron chi connectivity index (χ0n) is 9.27. The van der Waals surface area contributed by atoms with Crippen molar-refractivity contribution in [3.8, 4) is 6.07 Å². The number of rotatable bonds is 3. The van der Waals surface area contributed by atoms with Crippen LogP contribution >= 0.6 is 0 Å². The fourth-order valence-electron chi connectivity index (χ4n) is 1.78. The van der Waals surface area contributed by atoms with E-state index in [9.17, 15) is 0 Å². The highest BCUT2D eigenvalue weighted by Gasteiger charge is 2.09. The zero-order chi connectivity index (χ0) is 11.5. The van der Waals surface area contributed by atoms with E-state index in [1.807, 2.05) is 31.2 Å². The average Bonchev–Trinajstić information content (AvgIpc) is 2.57. The molecule has 3 heteroatoms. The molecule has 80 valence electrons. The fraction of sp³-hybridized carbons (Fsp3) is 0.231. The lowest BCUT2D eigenvalue weighted by atomic mass is 10.3. The monoisotopic (exact) mass is 211 g/mol. The number of aromatic nitrogens is 2. The van der Waals surface area contributed by atoms with Crippen molar-refractivity contribution in [1.82, 2.24) is 9.55 Å². The standard InChI is InChI=1S/C13H13N3/c1-10(2)9-16-12-6-4-3-5-11(12)15-13(16)7-8-14/h3-6H,1,7,9H2,2H3. The SMILES string of the molecule is C=C(C)Cn1c(CC#N)nc2ccccc21. The number of para-hydroxylation sites is 2. The molecule has 0 radical (unpaired) electrons. The van der Waals surface area contributed by atoms with Crippen molar-refractivity contribution >= 4 is 11.0 Å². The lowest BCUT2D eigenvalue weighted by molar-refractivity contribution is 0.759. The molecule has 0 aliphatic heterocycles. The van der Waals surface area contributed by atoms with E-state index in [0.29, 0.717) is 6.42 Å². The van der Waals surface area contributed by atoms with Crippen molar-refractivity contribution in [2.24, 2.45) is 0 Å². The third-order valence-corrected chi connectivity index (χ3v) is 2.40. The molecule has 0 N–H and O–H groups in total. The third kappa shape index (κ3) is 1.82. The summed E-state index contributed by atoms with van der Waals surface area (Å²) in [7, 11) is 0. The molecule has 0 unspecified atom stereocenters. The van der Waals surface area contributed by atoms with Crippen LogP contribution in [0.3, 0.4) is 0 Å². The van der Waals surface area contributed by atoms with Crippen molar-refractivity contribution < 1.29 is 0 Å². The molecule has 0 atom stereocenters. The molecule has 0 amide bonds. The summed E-state index contributed by atoms with van der Waals surface area (Å²) in [5.41, 5.74) is 3.06. The van der Waals surface area contributed by atoms with Crippen LogP contribution in [0.1, 0.15) is 12.7 Å². The van der Waals surface area contributed by atoms with E-state index >= 15 is 0 Å². The molecule has 1 heterocycles. The van der Waals surface area contributed by atoms with Gasteiger partial charge in [-0.05, 0) is 19.1 Å². The van der Waals surface area contributed by atoms with Crippen LogP contribution < -0.4 is 0 Å². The zero-order valence-corrected chi connectivity index (χ0v) is 9.27. The second-order valence-corrected chi connectivity index (χ2v) is 3.89. The topological polar surface area (TPSA) is 41.6 Å². The van der Waals surface area contributed by atoms with Gasteiger partial charge < -0.3 is 4.57 Å². The van der Waals surface area contributed by atoms with Crippen LogP contribution in [0.15, 0.2) is 36.4 Å². The van der Waals surface area contributed by atoms with Gasteiger partial charge in [0.15, 0.2) is 0 Å². The predicted molar refractivity (Wildman–Crippen MR) is 63.9 cm³/mol. The number of fused-ring (bicyclic) bond motifs is 1. The van der Waals surface area contributed by atoms with Gasteiger partial charge in [0.05, 0.1) is 23.5 Å². The Morgan fingerprint density at radius 1 is 1.50 bits per heavy atom. The van der Waals surface area contributed by atoms with E-state index in [1.54, 1.807) is 0 Å². The van der Waals surface area contributed by atoms with E-state index in [1.165, 1.54) is 0 Å². The van der Waals surface area contributed by atoms with Crippen molar-refractivity contribution in [1.29, 1.82) is 5.26 Å². The fourth-order valence-corrected chi connectivity index (χ4v) is 1.78. The van der Waals surface area contributed by atoms with Gasteiger partial charge in [0.1, 0.15) is 5.82 Å². The molecule has 2 rings (SSSR count). The molecule has 0 aliphatic rings. The molecule has 1 aromatic heterocycles. The summed E-state index contributed by atoms with van der Waals surface area (Å²) in [6, 6.07) is 10.1. The maximum absolute atomic E-state index is 8.78. The van der Waals surface area contributed by atoms with Crippen LogP contribution in [0.25, 0.3) is 11.0 Å². The average molecular weight is 211 g/mol. The van der Waals surface area contributed by atoms with Crippen molar-refractivity contribution in [3.05, 3.63) is 42.2 Å². The molecule has 0 aliphatic carbocycles. The lowest BCUT2D eigenvalue weighted by Gasteiger charge is -2.06. The summed E-state index contributed by atoms with van der Waals surface area (Å²) in [4.78, 5) is 4.45. The highest BCUT2D eigenvalue weighted by atomic mass is 15.1. The van der Waals surface area contributed by atoms with Gasteiger partial charge in [-0.15, -0.1) is 0 Å². The summed E-state index contributed by atoms with van der Waals surface area (Å²) in [6.45, 7) is 6.60. The maximum atomic E-state index is 8.78. The van der Waals surface area contributed by atoms with Crippen molar-refractivity contribution in [3.63, 3.8) is 0 Å². The molecule has 0 bridgehead atoms. The first-order chi connectivity index (χ1) is 7.72. The molecule has 0 fully saturated rings. The number of benzene rings is 1. The number of nitrogens with zero attached hydrogens (tertiary/aromatic N) is 3. The second-order valence-electron chi connectivity index (χ2n) is 3.89. The number of hydrogen-bond donors (Lipinski definition) is 0. The van der Waals surface area contributed by atoms with Crippen molar-refractivity contribution in [2.45, 2.75) is 19.9 Å². The normalized spacial score (nSPS) is 10.2. The quantitative estimate of drug-likeness (QED) is 0.732. The van der Waals surface area contributed by atoms with Crippen LogP contribution in [0.2, 0.25) is 0 Å². The van der Waals surface area contributed by atoms with Crippen LogP contribution in [-0.2, 0) is 13.0 Å². The van der Waals surface area contributed by atoms with E-state index in [-0.39, 0.29) is 0 Å². The van der Waals surface area contributed by atoms with Crippen LogP contribution in [0.4, 0.5) is 0 Å². The maximum Gasteiger partial charge on any atom is 0.124 e. The first-order valence-electron chi connectivity index (χ1n) is 5.18. The minimum atomic E-state index is 0.335. The Labute approximate surface area is 94.6 Å². The molecule has 0 spiro atoms. The molecular weight excluding hydrogens is 198 g/mol. The van der Waals surface area contributed by atoms with Gasteiger partial charge in [0.25, 0.3) is 0 Å². The van der Waals surface area contributed by atoms with E-state index in [4.69, 9.17) is 5.26 Å². The van der Waals surface area contributed by atoms with Crippen molar-refractivity contribution in [2.75, 3.05) is 0 Å². The molecule has 0 saturated heterocycles. The van der Waals surface area contributed by atoms with Gasteiger partial charge in [-0.3, -0.25) is 0 Å². The van der Waals surface area contributed by atoms with Gasteiger partial charge in [0.2, 0.25) is 0 Å². The predicted octanol–water partition coefficient (Wildman–Crippen LogP) is 2.68. The smallest absolute Gasteiger partial charge is 0.124 e. The third-order valence-electron chi connectivity index (χ3n) is 2.40. The van der Waals surface area contributed by atoms with Crippen LogP contribution in [0.5, 0.6) is 0 Å². The summed E-state index contributed by atoms with van der Waals surface area (Å²) >= 11 is 0.